The fourth-order valence-electron chi connectivity index (χ4n) is 1.16. The van der Waals surface area contributed by atoms with E-state index in [0.717, 1.165) is 29.7 Å². The summed E-state index contributed by atoms with van der Waals surface area (Å²) in [6.45, 7) is 1.56. The highest BCUT2D eigenvalue weighted by molar-refractivity contribution is 9.10. The molecule has 2 N–H and O–H groups in total. The molecule has 0 radical (unpaired) electrons. The van der Waals surface area contributed by atoms with Crippen LogP contribution in [-0.2, 0) is 4.74 Å². The molecular formula is C11H15BrN2OS. The minimum Gasteiger partial charge on any atom is -0.385 e. The summed E-state index contributed by atoms with van der Waals surface area (Å²) in [6.07, 6.45) is 0.941. The van der Waals surface area contributed by atoms with Crippen molar-refractivity contribution in [2.45, 2.75) is 6.42 Å². The molecule has 0 aliphatic heterocycles. The highest BCUT2D eigenvalue weighted by Gasteiger charge is 1.97. The van der Waals surface area contributed by atoms with Crippen molar-refractivity contribution in [2.24, 2.45) is 0 Å². The number of methoxy groups -OCH3 is 1. The number of rotatable bonds is 5. The van der Waals surface area contributed by atoms with E-state index in [-0.39, 0.29) is 0 Å². The minimum atomic E-state index is 0.634. The largest absolute Gasteiger partial charge is 0.385 e. The lowest BCUT2D eigenvalue weighted by atomic mass is 10.3. The third-order valence-corrected chi connectivity index (χ3v) is 2.63. The molecule has 0 aliphatic carbocycles. The van der Waals surface area contributed by atoms with Gasteiger partial charge in [-0.1, -0.05) is 22.0 Å². The van der Waals surface area contributed by atoms with Crippen LogP contribution in [-0.4, -0.2) is 25.4 Å². The van der Waals surface area contributed by atoms with E-state index in [1.807, 2.05) is 24.3 Å². The SMILES string of the molecule is COCCCNC(=S)Nc1cccc(Br)c1. The quantitative estimate of drug-likeness (QED) is 0.647. The molecule has 0 aliphatic rings. The Morgan fingerprint density at radius 2 is 2.31 bits per heavy atom. The first-order chi connectivity index (χ1) is 7.72. The van der Waals surface area contributed by atoms with Gasteiger partial charge in [-0.15, -0.1) is 0 Å². The predicted octanol–water partition coefficient (Wildman–Crippen LogP) is 2.77. The van der Waals surface area contributed by atoms with E-state index in [2.05, 4.69) is 26.6 Å². The second-order valence-electron chi connectivity index (χ2n) is 3.24. The van der Waals surface area contributed by atoms with Crippen LogP contribution in [0.2, 0.25) is 0 Å². The maximum atomic E-state index is 5.15. The Labute approximate surface area is 110 Å². The van der Waals surface area contributed by atoms with Crippen LogP contribution in [0.5, 0.6) is 0 Å². The molecule has 3 nitrogen and oxygen atoms in total. The molecule has 0 atom stereocenters. The number of halogens is 1. The van der Waals surface area contributed by atoms with Crippen LogP contribution in [0.4, 0.5) is 5.69 Å². The van der Waals surface area contributed by atoms with E-state index in [1.165, 1.54) is 0 Å². The highest BCUT2D eigenvalue weighted by atomic mass is 79.9. The molecule has 5 heteroatoms. The third kappa shape index (κ3) is 5.44. The summed E-state index contributed by atoms with van der Waals surface area (Å²) in [5, 5.41) is 6.85. The summed E-state index contributed by atoms with van der Waals surface area (Å²) in [5.41, 5.74) is 0.971. The zero-order valence-electron chi connectivity index (χ0n) is 9.13. The summed E-state index contributed by atoms with van der Waals surface area (Å²) in [6, 6.07) is 7.87. The Hall–Kier alpha value is -0.650. The molecule has 88 valence electrons. The van der Waals surface area contributed by atoms with Gasteiger partial charge in [-0.3, -0.25) is 0 Å². The van der Waals surface area contributed by atoms with Crippen molar-refractivity contribution in [3.05, 3.63) is 28.7 Å². The summed E-state index contributed by atoms with van der Waals surface area (Å²) >= 11 is 8.56. The van der Waals surface area contributed by atoms with Crippen LogP contribution >= 0.6 is 28.1 Å². The van der Waals surface area contributed by atoms with Crippen LogP contribution in [0, 0.1) is 0 Å². The van der Waals surface area contributed by atoms with Crippen LogP contribution in [0.3, 0.4) is 0 Å². The second kappa shape index (κ2) is 7.60. The average Bonchev–Trinajstić information content (AvgIpc) is 2.24. The first-order valence-electron chi connectivity index (χ1n) is 5.01. The summed E-state index contributed by atoms with van der Waals surface area (Å²) in [4.78, 5) is 0. The molecule has 0 saturated heterocycles. The minimum absolute atomic E-state index is 0.634. The first-order valence-corrected chi connectivity index (χ1v) is 6.22. The van der Waals surface area contributed by atoms with Crippen LogP contribution in [0.15, 0.2) is 28.7 Å². The van der Waals surface area contributed by atoms with E-state index >= 15 is 0 Å². The molecule has 0 amide bonds. The van der Waals surface area contributed by atoms with Crippen molar-refractivity contribution < 1.29 is 4.74 Å². The van der Waals surface area contributed by atoms with Crippen LogP contribution < -0.4 is 10.6 Å². The summed E-state index contributed by atoms with van der Waals surface area (Å²) in [5.74, 6) is 0. The lowest BCUT2D eigenvalue weighted by Gasteiger charge is -2.10. The summed E-state index contributed by atoms with van der Waals surface area (Å²) in [7, 11) is 1.69. The number of ether oxygens (including phenoxy) is 1. The number of hydrogen-bond donors (Lipinski definition) is 2. The summed E-state index contributed by atoms with van der Waals surface area (Å²) < 4.78 is 5.98. The van der Waals surface area contributed by atoms with Gasteiger partial charge < -0.3 is 15.4 Å². The predicted molar refractivity (Wildman–Crippen MR) is 74.9 cm³/mol. The van der Waals surface area contributed by atoms with E-state index in [9.17, 15) is 0 Å². The van der Waals surface area contributed by atoms with Crippen LogP contribution in [0.1, 0.15) is 6.42 Å². The lowest BCUT2D eigenvalue weighted by molar-refractivity contribution is 0.196. The van der Waals surface area contributed by atoms with Gasteiger partial charge in [0.05, 0.1) is 0 Å². The van der Waals surface area contributed by atoms with Crippen molar-refractivity contribution >= 4 is 38.9 Å². The molecule has 0 saturated carbocycles. The van der Waals surface area contributed by atoms with Crippen molar-refractivity contribution in [2.75, 3.05) is 25.6 Å². The molecule has 0 bridgehead atoms. The molecule has 0 heterocycles. The number of thiocarbonyl (C=S) groups is 1. The third-order valence-electron chi connectivity index (χ3n) is 1.89. The maximum Gasteiger partial charge on any atom is 0.170 e. The molecule has 16 heavy (non-hydrogen) atoms. The maximum absolute atomic E-state index is 5.15. The zero-order valence-corrected chi connectivity index (χ0v) is 11.5. The van der Waals surface area contributed by atoms with Crippen LogP contribution in [0.25, 0.3) is 0 Å². The van der Waals surface area contributed by atoms with Gasteiger partial charge in [0.25, 0.3) is 0 Å². The lowest BCUT2D eigenvalue weighted by Crippen LogP contribution is -2.29. The Morgan fingerprint density at radius 1 is 1.50 bits per heavy atom. The van der Waals surface area contributed by atoms with Crippen molar-refractivity contribution in [3.63, 3.8) is 0 Å². The topological polar surface area (TPSA) is 33.3 Å². The van der Waals surface area contributed by atoms with Gasteiger partial charge in [-0.05, 0) is 36.8 Å². The van der Waals surface area contributed by atoms with Gasteiger partial charge >= 0.3 is 0 Å². The zero-order chi connectivity index (χ0) is 11.8. The number of hydrogen-bond acceptors (Lipinski definition) is 2. The smallest absolute Gasteiger partial charge is 0.170 e. The average molecular weight is 303 g/mol. The fraction of sp³-hybridized carbons (Fsp3) is 0.364. The number of nitrogens with one attached hydrogen (secondary N) is 2. The highest BCUT2D eigenvalue weighted by Crippen LogP contribution is 2.15. The van der Waals surface area contributed by atoms with Gasteiger partial charge in [-0.25, -0.2) is 0 Å². The van der Waals surface area contributed by atoms with Gasteiger partial charge in [0.15, 0.2) is 5.11 Å². The second-order valence-corrected chi connectivity index (χ2v) is 4.56. The molecule has 0 unspecified atom stereocenters. The molecule has 1 aromatic rings. The van der Waals surface area contributed by atoms with Crippen molar-refractivity contribution in [1.29, 1.82) is 0 Å². The van der Waals surface area contributed by atoms with E-state index < -0.39 is 0 Å². The number of anilines is 1. The van der Waals surface area contributed by atoms with E-state index in [1.54, 1.807) is 7.11 Å². The molecule has 1 rings (SSSR count). The van der Waals surface area contributed by atoms with Crippen molar-refractivity contribution in [3.8, 4) is 0 Å². The Morgan fingerprint density at radius 3 is 3.00 bits per heavy atom. The van der Waals surface area contributed by atoms with Gasteiger partial charge in [0, 0.05) is 30.4 Å². The first kappa shape index (κ1) is 13.4. The van der Waals surface area contributed by atoms with Gasteiger partial charge in [0.2, 0.25) is 0 Å². The standard InChI is InChI=1S/C11H15BrN2OS/c1-15-7-3-6-13-11(16)14-10-5-2-4-9(12)8-10/h2,4-5,8H,3,6-7H2,1H3,(H2,13,14,16). The Kier molecular flexibility index (Phi) is 6.37. The van der Waals surface area contributed by atoms with Gasteiger partial charge in [-0.2, -0.15) is 0 Å². The molecular weight excluding hydrogens is 288 g/mol. The normalized spacial score (nSPS) is 9.88. The monoisotopic (exact) mass is 302 g/mol. The number of benzene rings is 1. The molecule has 1 aromatic carbocycles. The van der Waals surface area contributed by atoms with Crippen molar-refractivity contribution in [1.82, 2.24) is 5.32 Å². The van der Waals surface area contributed by atoms with Gasteiger partial charge in [0.1, 0.15) is 0 Å². The van der Waals surface area contributed by atoms with E-state index in [4.69, 9.17) is 17.0 Å². The Bertz CT molecular complexity index is 347. The van der Waals surface area contributed by atoms with E-state index in [0.29, 0.717) is 5.11 Å². The molecule has 0 spiro atoms. The Balaban J connectivity index is 2.29. The molecule has 0 aromatic heterocycles. The fourth-order valence-corrected chi connectivity index (χ4v) is 1.78. The molecule has 0 fully saturated rings.